The minimum atomic E-state index is -0.405. The zero-order valence-electron chi connectivity index (χ0n) is 22.2. The maximum atomic E-state index is 6.41. The minimum absolute atomic E-state index is 0.383. The molecule has 3 nitrogen and oxygen atoms in total. The van der Waals surface area contributed by atoms with Gasteiger partial charge in [0.2, 0.25) is 0 Å². The van der Waals surface area contributed by atoms with Crippen LogP contribution in [0, 0.1) is 0 Å². The SMILES string of the molecule is CC1(C)OB(c2ccc3c4cc(-c5cccc6ccccc56)ccc4n(-c4ccccc4)c3c2)OC1(C)C. The summed E-state index contributed by atoms with van der Waals surface area (Å²) in [4.78, 5) is 0. The summed E-state index contributed by atoms with van der Waals surface area (Å²) in [5.74, 6) is 0. The first-order chi connectivity index (χ1) is 18.3. The van der Waals surface area contributed by atoms with E-state index >= 15 is 0 Å². The third-order valence-electron chi connectivity index (χ3n) is 8.43. The van der Waals surface area contributed by atoms with Crippen LogP contribution in [0.2, 0.25) is 0 Å². The van der Waals surface area contributed by atoms with E-state index in [0.717, 1.165) is 16.7 Å². The fraction of sp³-hybridized carbons (Fsp3) is 0.176. The lowest BCUT2D eigenvalue weighted by atomic mass is 9.79. The van der Waals surface area contributed by atoms with E-state index in [0.29, 0.717) is 0 Å². The van der Waals surface area contributed by atoms with Gasteiger partial charge in [0, 0.05) is 16.5 Å². The standard InChI is InChI=1S/C34H30BNO2/c1-33(2)34(3,4)38-35(37-33)25-18-19-29-30-21-24(28-16-10-12-23-11-8-9-15-27(23)28)17-20-31(30)36(32(29)22-25)26-13-6-5-7-14-26/h5-22H,1-4H3. The van der Waals surface area contributed by atoms with Crippen molar-refractivity contribution in [1.82, 2.24) is 4.57 Å². The molecule has 1 aliphatic heterocycles. The summed E-state index contributed by atoms with van der Waals surface area (Å²) in [5.41, 5.74) is 6.20. The highest BCUT2D eigenvalue weighted by Crippen LogP contribution is 2.39. The molecule has 0 radical (unpaired) electrons. The van der Waals surface area contributed by atoms with Crippen LogP contribution >= 0.6 is 0 Å². The topological polar surface area (TPSA) is 23.4 Å². The van der Waals surface area contributed by atoms with Gasteiger partial charge in [0.05, 0.1) is 22.2 Å². The summed E-state index contributed by atoms with van der Waals surface area (Å²) >= 11 is 0. The van der Waals surface area contributed by atoms with Crippen molar-refractivity contribution in [3.63, 3.8) is 0 Å². The van der Waals surface area contributed by atoms with Crippen LogP contribution in [0.25, 0.3) is 49.4 Å². The zero-order chi connectivity index (χ0) is 26.1. The van der Waals surface area contributed by atoms with Crippen molar-refractivity contribution < 1.29 is 9.31 Å². The van der Waals surface area contributed by atoms with E-state index < -0.39 is 7.12 Å². The Hall–Kier alpha value is -3.86. The van der Waals surface area contributed by atoms with Gasteiger partial charge in [-0.2, -0.15) is 0 Å². The molecule has 2 heterocycles. The molecule has 4 heteroatoms. The molecule has 1 aliphatic rings. The Bertz CT molecular complexity index is 1810. The Morgan fingerprint density at radius 2 is 1.29 bits per heavy atom. The smallest absolute Gasteiger partial charge is 0.399 e. The molecule has 0 aliphatic carbocycles. The first-order valence-corrected chi connectivity index (χ1v) is 13.3. The number of aromatic nitrogens is 1. The summed E-state index contributed by atoms with van der Waals surface area (Å²) < 4.78 is 15.2. The number of nitrogens with zero attached hydrogens (tertiary/aromatic N) is 1. The van der Waals surface area contributed by atoms with Crippen molar-refractivity contribution in [1.29, 1.82) is 0 Å². The van der Waals surface area contributed by atoms with Gasteiger partial charge in [-0.15, -0.1) is 0 Å². The second-order valence-corrected chi connectivity index (χ2v) is 11.3. The fourth-order valence-corrected chi connectivity index (χ4v) is 5.66. The molecule has 0 atom stereocenters. The van der Waals surface area contributed by atoms with E-state index in [-0.39, 0.29) is 11.2 Å². The molecular weight excluding hydrogens is 465 g/mol. The highest BCUT2D eigenvalue weighted by Gasteiger charge is 2.51. The Labute approximate surface area is 223 Å². The van der Waals surface area contributed by atoms with Gasteiger partial charge in [-0.25, -0.2) is 0 Å². The number of fused-ring (bicyclic) bond motifs is 4. The second-order valence-electron chi connectivity index (χ2n) is 11.3. The van der Waals surface area contributed by atoms with Gasteiger partial charge < -0.3 is 13.9 Å². The van der Waals surface area contributed by atoms with E-state index in [4.69, 9.17) is 9.31 Å². The van der Waals surface area contributed by atoms with Crippen molar-refractivity contribution >= 4 is 45.2 Å². The second kappa shape index (κ2) is 8.32. The lowest BCUT2D eigenvalue weighted by Gasteiger charge is -2.32. The van der Waals surface area contributed by atoms with E-state index in [2.05, 4.69) is 141 Å². The fourth-order valence-electron chi connectivity index (χ4n) is 5.66. The maximum Gasteiger partial charge on any atom is 0.494 e. The van der Waals surface area contributed by atoms with Crippen LogP contribution in [0.5, 0.6) is 0 Å². The Balaban J connectivity index is 1.46. The highest BCUT2D eigenvalue weighted by atomic mass is 16.7. The molecule has 0 N–H and O–H groups in total. The maximum absolute atomic E-state index is 6.41. The molecule has 1 aromatic heterocycles. The Morgan fingerprint density at radius 3 is 2.08 bits per heavy atom. The van der Waals surface area contributed by atoms with Crippen LogP contribution < -0.4 is 5.46 Å². The average Bonchev–Trinajstić information content (AvgIpc) is 3.37. The average molecular weight is 495 g/mol. The van der Waals surface area contributed by atoms with Crippen LogP contribution in [0.15, 0.2) is 109 Å². The van der Waals surface area contributed by atoms with Crippen molar-refractivity contribution in [2.24, 2.45) is 0 Å². The molecule has 0 unspecified atom stereocenters. The van der Waals surface area contributed by atoms with Gasteiger partial charge in [0.1, 0.15) is 0 Å². The molecule has 6 aromatic rings. The van der Waals surface area contributed by atoms with E-state index in [1.165, 1.54) is 38.2 Å². The molecule has 0 saturated carbocycles. The molecule has 1 saturated heterocycles. The molecule has 0 amide bonds. The van der Waals surface area contributed by atoms with Gasteiger partial charge in [-0.1, -0.05) is 78.9 Å². The normalized spacial score (nSPS) is 16.6. The lowest BCUT2D eigenvalue weighted by molar-refractivity contribution is 0.00578. The lowest BCUT2D eigenvalue weighted by Crippen LogP contribution is -2.41. The van der Waals surface area contributed by atoms with Crippen LogP contribution in [0.1, 0.15) is 27.7 Å². The third-order valence-corrected chi connectivity index (χ3v) is 8.43. The summed E-state index contributed by atoms with van der Waals surface area (Å²) in [7, 11) is -0.405. The van der Waals surface area contributed by atoms with Gasteiger partial charge in [0.15, 0.2) is 0 Å². The number of hydrogen-bond acceptors (Lipinski definition) is 2. The Kier molecular flexibility index (Phi) is 5.10. The number of para-hydroxylation sites is 1. The van der Waals surface area contributed by atoms with Crippen molar-refractivity contribution in [3.05, 3.63) is 109 Å². The summed E-state index contributed by atoms with van der Waals surface area (Å²) in [6.45, 7) is 8.39. The molecule has 7 rings (SSSR count). The molecule has 1 fully saturated rings. The van der Waals surface area contributed by atoms with E-state index in [9.17, 15) is 0 Å². The summed E-state index contributed by atoms with van der Waals surface area (Å²) in [5, 5.41) is 4.97. The largest absolute Gasteiger partial charge is 0.494 e. The first-order valence-electron chi connectivity index (χ1n) is 13.3. The van der Waals surface area contributed by atoms with Crippen LogP contribution in [0.3, 0.4) is 0 Å². The van der Waals surface area contributed by atoms with Crippen molar-refractivity contribution in [3.8, 4) is 16.8 Å². The van der Waals surface area contributed by atoms with E-state index in [1.54, 1.807) is 0 Å². The quantitative estimate of drug-likeness (QED) is 0.233. The van der Waals surface area contributed by atoms with Gasteiger partial charge in [0.25, 0.3) is 0 Å². The number of hydrogen-bond donors (Lipinski definition) is 0. The molecule has 186 valence electrons. The highest BCUT2D eigenvalue weighted by molar-refractivity contribution is 6.62. The van der Waals surface area contributed by atoms with Gasteiger partial charge in [-0.05, 0) is 85.4 Å². The predicted octanol–water partition coefficient (Wildman–Crippen LogP) is 7.90. The molecule has 0 spiro atoms. The Morgan fingerprint density at radius 1 is 0.579 bits per heavy atom. The number of benzene rings is 5. The number of rotatable bonds is 3. The van der Waals surface area contributed by atoms with Crippen LogP contribution in [0.4, 0.5) is 0 Å². The van der Waals surface area contributed by atoms with E-state index in [1.807, 2.05) is 0 Å². The molecule has 0 bridgehead atoms. The summed E-state index contributed by atoms with van der Waals surface area (Å²) in [6, 6.07) is 39.2. The predicted molar refractivity (Wildman–Crippen MR) is 159 cm³/mol. The van der Waals surface area contributed by atoms with Crippen molar-refractivity contribution in [2.45, 2.75) is 38.9 Å². The van der Waals surface area contributed by atoms with Crippen LogP contribution in [-0.4, -0.2) is 22.9 Å². The van der Waals surface area contributed by atoms with Crippen LogP contribution in [-0.2, 0) is 9.31 Å². The van der Waals surface area contributed by atoms with Gasteiger partial charge >= 0.3 is 7.12 Å². The van der Waals surface area contributed by atoms with Gasteiger partial charge in [-0.3, -0.25) is 0 Å². The summed E-state index contributed by atoms with van der Waals surface area (Å²) in [6.07, 6.45) is 0. The monoisotopic (exact) mass is 495 g/mol. The molecule has 5 aromatic carbocycles. The van der Waals surface area contributed by atoms with Crippen molar-refractivity contribution in [2.75, 3.05) is 0 Å². The minimum Gasteiger partial charge on any atom is -0.399 e. The zero-order valence-corrected chi connectivity index (χ0v) is 22.2. The molecular formula is C34H30BNO2. The third kappa shape index (κ3) is 3.52. The molecule has 38 heavy (non-hydrogen) atoms. The first kappa shape index (κ1) is 23.3.